The van der Waals surface area contributed by atoms with Gasteiger partial charge in [-0.25, -0.2) is 14.4 Å². The van der Waals surface area contributed by atoms with Crippen molar-refractivity contribution in [3.63, 3.8) is 0 Å². The van der Waals surface area contributed by atoms with Crippen LogP contribution < -0.4 is 29.4 Å². The second-order valence-electron chi connectivity index (χ2n) is 33.1. The summed E-state index contributed by atoms with van der Waals surface area (Å²) in [6.45, 7) is 14.6. The summed E-state index contributed by atoms with van der Waals surface area (Å²) in [6.07, 6.45) is 0.182. The molecule has 55 heteroatoms. The molecule has 10 aliphatic heterocycles. The van der Waals surface area contributed by atoms with Crippen LogP contribution in [0, 0.1) is 23.2 Å². The fourth-order valence-corrected chi connectivity index (χ4v) is 14.2. The van der Waals surface area contributed by atoms with Crippen molar-refractivity contribution in [1.29, 1.82) is 0 Å². The Morgan fingerprint density at radius 2 is 0.609 bits per heavy atom. The third-order valence-electron chi connectivity index (χ3n) is 21.4. The van der Waals surface area contributed by atoms with Crippen LogP contribution in [0.1, 0.15) is 19.3 Å². The number of epoxide rings is 7. The average Bonchev–Trinajstić information content (AvgIpc) is 1.57. The number of ether oxygens (including phenoxy) is 27. The van der Waals surface area contributed by atoms with Crippen LogP contribution in [0.5, 0.6) is 0 Å². The highest BCUT2D eigenvalue weighted by atomic mass is 16.7. The number of urea groups is 3. The molecule has 11 fully saturated rings. The quantitative estimate of drug-likeness (QED) is 0.0254. The van der Waals surface area contributed by atoms with Crippen molar-refractivity contribution >= 4 is 78.5 Å². The number of esters is 3. The summed E-state index contributed by atoms with van der Waals surface area (Å²) in [4.78, 5) is 128. The molecular formula is C83H146N18O37. The lowest BCUT2D eigenvalue weighted by Crippen LogP contribution is -2.48. The molecule has 2 aromatic heterocycles. The summed E-state index contributed by atoms with van der Waals surface area (Å²) in [5, 5.41) is 27.4. The number of anilines is 6. The van der Waals surface area contributed by atoms with E-state index in [0.29, 0.717) is 161 Å². The number of β-amino-alcohol motifs (C(OH)–C–C–N with tert-alkyl or cyclic N) is 1. The van der Waals surface area contributed by atoms with Gasteiger partial charge in [0.2, 0.25) is 35.7 Å². The van der Waals surface area contributed by atoms with Crippen molar-refractivity contribution in [2.45, 2.75) is 86.6 Å². The molecule has 790 valence electrons. The Balaban J connectivity index is 0.000000226. The normalized spacial score (nSPS) is 23.9. The Labute approximate surface area is 804 Å². The van der Waals surface area contributed by atoms with E-state index >= 15 is 0 Å². The van der Waals surface area contributed by atoms with Gasteiger partial charge in [0, 0.05) is 134 Å². The van der Waals surface area contributed by atoms with Crippen molar-refractivity contribution in [3.8, 4) is 0 Å². The number of aliphatic hydroxyl groups excluding tert-OH is 3. The first-order valence-electron chi connectivity index (χ1n) is 44.6. The van der Waals surface area contributed by atoms with Gasteiger partial charge >= 0.3 is 36.0 Å². The zero-order valence-corrected chi connectivity index (χ0v) is 82.4. The van der Waals surface area contributed by atoms with Crippen LogP contribution in [-0.4, -0.2) is 538 Å². The standard InChI is InChI=1S/C18H24O9.C17H28O8.C14H28N6O5.C12H24N6O3.C12H22N4O6.C9H18N2O5.CH2O/c19-16(25-7-13-4-22-13)10-1-11(17(20)26-8-14-5-23-14)3-12(2-10)18(21)27-9-15-6-24-15;1(13-5-22-13)18-9-17(10-19-2-14-6-23-14,11-20-3-15-7-24-15)12-21-4-16-8-25-16;1-18(8-22-2)12-15-13(19(6-7-21)9-23-3)17-14(16-12)20(10-24-4)11-25-5;1-16(7-19-4)10-13-11(17(2)8-20-5)15-12(14-10)18(3)9-21-6;1-19-5-13-9-10(15(7-21-3)11(13)17)16(8-22-4)12(18)14(9)6-20-2;1-15-6-11-8(16-2)7(5-13)10(3-4-12)9(11)14;1-2/h10-15H,1-9H2;13-16H,1-12H2;21H,6-11H2,1-5H3;7-9H2,1-6H3;9-10H,5-8H2,1-4H3;7-8,12-13H,3-6H2,1-2H3;1H2. The minimum Gasteiger partial charge on any atom is -0.463 e. The first-order chi connectivity index (χ1) is 66.8. The van der Waals surface area contributed by atoms with E-state index in [4.69, 9.17) is 138 Å². The molecule has 1 saturated carbocycles. The van der Waals surface area contributed by atoms with Crippen LogP contribution in [0.25, 0.3) is 0 Å². The van der Waals surface area contributed by atoms with Gasteiger partial charge in [0.05, 0.1) is 142 Å². The summed E-state index contributed by atoms with van der Waals surface area (Å²) in [6, 6.07) is -1.32. The number of carbonyl (C=O) groups is 7. The lowest BCUT2D eigenvalue weighted by Gasteiger charge is -2.32. The van der Waals surface area contributed by atoms with Gasteiger partial charge in [0.15, 0.2) is 18.6 Å². The van der Waals surface area contributed by atoms with Gasteiger partial charge in [0.1, 0.15) is 156 Å². The van der Waals surface area contributed by atoms with Crippen LogP contribution >= 0.6 is 0 Å². The van der Waals surface area contributed by atoms with E-state index in [0.717, 1.165) is 26.4 Å². The average molecular weight is 1990 g/mol. The van der Waals surface area contributed by atoms with Crippen LogP contribution in [0.4, 0.5) is 50.1 Å². The van der Waals surface area contributed by atoms with E-state index < -0.39 is 60.3 Å². The van der Waals surface area contributed by atoms with Gasteiger partial charge in [-0.15, -0.1) is 0 Å². The van der Waals surface area contributed by atoms with Crippen LogP contribution in [0.2, 0.25) is 0 Å². The van der Waals surface area contributed by atoms with Crippen LogP contribution in [-0.2, 0) is 147 Å². The summed E-state index contributed by atoms with van der Waals surface area (Å²) < 4.78 is 142. The highest BCUT2D eigenvalue weighted by Gasteiger charge is 2.60. The lowest BCUT2D eigenvalue weighted by atomic mass is 9.75. The molecule has 9 atom stereocenters. The maximum atomic E-state index is 12.6. The molecule has 11 aliphatic rings. The number of aromatic nitrogens is 6. The Morgan fingerprint density at radius 1 is 0.355 bits per heavy atom. The molecule has 2 aromatic rings. The summed E-state index contributed by atoms with van der Waals surface area (Å²) in [5.74, 6) is -0.121. The fraction of sp³-hybridized carbons (Fsp3) is 0.843. The number of hydrogen-bond acceptors (Lipinski definition) is 49. The van der Waals surface area contributed by atoms with E-state index in [9.17, 15) is 39.0 Å². The number of aliphatic hydroxyl groups is 3. The second kappa shape index (κ2) is 62.8. The number of fused-ring (bicyclic) bond motifs is 1. The lowest BCUT2D eigenvalue weighted by molar-refractivity contribution is -0.161. The third-order valence-corrected chi connectivity index (χ3v) is 21.4. The molecule has 3 N–H and O–H groups in total. The number of nitrogens with zero attached hydrogens (tertiary/aromatic N) is 18. The highest BCUT2D eigenvalue weighted by Crippen LogP contribution is 2.39. The van der Waals surface area contributed by atoms with Gasteiger partial charge in [-0.3, -0.25) is 43.8 Å². The number of carbonyl (C=O) groups excluding carboxylic acids is 7. The monoisotopic (exact) mass is 1990 g/mol. The van der Waals surface area contributed by atoms with Crippen molar-refractivity contribution < 1.29 is 177 Å². The molecular weight excluding hydrogens is 1840 g/mol. The van der Waals surface area contributed by atoms with Crippen LogP contribution in [0.15, 0.2) is 0 Å². The number of methoxy groups -OCH3 is 13. The predicted molar refractivity (Wildman–Crippen MR) is 479 cm³/mol. The molecule has 12 heterocycles. The number of amides is 6. The Morgan fingerprint density at radius 3 is 0.862 bits per heavy atom. The smallest absolute Gasteiger partial charge is 0.327 e. The van der Waals surface area contributed by atoms with Gasteiger partial charge < -0.3 is 177 Å². The van der Waals surface area contributed by atoms with Gasteiger partial charge in [-0.2, -0.15) is 29.9 Å². The second-order valence-corrected chi connectivity index (χ2v) is 33.1. The van der Waals surface area contributed by atoms with Crippen molar-refractivity contribution in [3.05, 3.63) is 0 Å². The largest absolute Gasteiger partial charge is 0.463 e. The molecule has 0 spiro atoms. The minimum atomic E-state index is -0.552. The molecule has 138 heavy (non-hydrogen) atoms. The SMILES string of the molecule is C(OCC(COCC1CO1)(COCC1CO1)COCC1CO1)C1CO1.C=O.COCN(C)c1nc(N(C)COC)nc(N(C)COC)n1.COCN(C)c1nc(N(CCO)COC)nc(N(COC)COC)n1.COCN1C(=O)N(CCO)C(CO)C1OC.COCN1C(=O)N(COC)C2C1N(COC)C(=O)N2COC.O=C(OCC1CO1)C1CC(C(=O)OCC2CO2)CC(C(=O)OCC2CO2)C1. The van der Waals surface area contributed by atoms with Crippen molar-refractivity contribution in [1.82, 2.24) is 59.3 Å². The third kappa shape index (κ3) is 38.8. The topological polar surface area (TPSA) is 569 Å². The molecule has 9 unspecified atom stereocenters. The fourth-order valence-electron chi connectivity index (χ4n) is 14.2. The molecule has 0 radical (unpaired) electrons. The molecule has 13 rings (SSSR count). The first-order valence-corrected chi connectivity index (χ1v) is 44.6. The molecule has 6 amide bonds. The molecule has 0 bridgehead atoms. The number of rotatable bonds is 61. The zero-order valence-electron chi connectivity index (χ0n) is 82.4. The summed E-state index contributed by atoms with van der Waals surface area (Å²) >= 11 is 0. The zero-order chi connectivity index (χ0) is 101. The van der Waals surface area contributed by atoms with E-state index in [1.165, 1.54) is 72.1 Å². The molecule has 10 saturated heterocycles. The van der Waals surface area contributed by atoms with E-state index in [2.05, 4.69) is 29.9 Å². The van der Waals surface area contributed by atoms with Gasteiger partial charge in [-0.05, 0) is 19.3 Å². The van der Waals surface area contributed by atoms with Crippen molar-refractivity contribution in [2.24, 2.45) is 23.2 Å². The summed E-state index contributed by atoms with van der Waals surface area (Å²) in [7, 11) is 27.4. The van der Waals surface area contributed by atoms with Gasteiger partial charge in [0.25, 0.3) is 0 Å². The summed E-state index contributed by atoms with van der Waals surface area (Å²) in [5.41, 5.74) is -0.354. The first kappa shape index (κ1) is 117. The van der Waals surface area contributed by atoms with Crippen molar-refractivity contribution in [2.75, 3.05) is 383 Å². The maximum Gasteiger partial charge on any atom is 0.327 e. The molecule has 55 nitrogen and oxygen atoms in total. The Bertz CT molecular complexity index is 3430. The van der Waals surface area contributed by atoms with E-state index in [1.54, 1.807) is 86.2 Å². The molecule has 0 aromatic carbocycles. The highest BCUT2D eigenvalue weighted by molar-refractivity contribution is 5.85. The molecule has 1 aliphatic carbocycles. The Kier molecular flexibility index (Phi) is 53.1. The predicted octanol–water partition coefficient (Wildman–Crippen LogP) is -3.20. The van der Waals surface area contributed by atoms with Gasteiger partial charge in [-0.1, -0.05) is 0 Å². The van der Waals surface area contributed by atoms with Crippen LogP contribution in [0.3, 0.4) is 0 Å². The Hall–Kier alpha value is -8.37. The minimum absolute atomic E-state index is 0.0313. The van der Waals surface area contributed by atoms with E-state index in [1.807, 2.05) is 27.9 Å². The maximum absolute atomic E-state index is 12.6. The van der Waals surface area contributed by atoms with E-state index in [-0.39, 0.29) is 166 Å². The number of hydrogen-bond donors (Lipinski definition) is 3.